The number of piperazine rings is 1. The number of pyridine rings is 1. The molecule has 0 aromatic carbocycles. The Morgan fingerprint density at radius 3 is 3.14 bits per heavy atom. The van der Waals surface area contributed by atoms with Crippen LogP contribution in [-0.2, 0) is 6.42 Å². The van der Waals surface area contributed by atoms with Crippen molar-refractivity contribution in [1.29, 1.82) is 0 Å². The van der Waals surface area contributed by atoms with E-state index < -0.39 is 6.10 Å². The summed E-state index contributed by atoms with van der Waals surface area (Å²) in [6.45, 7) is 4.21. The van der Waals surface area contributed by atoms with Crippen LogP contribution in [0, 0.1) is 0 Å². The number of nitrogens with zero attached hydrogens (tertiary/aromatic N) is 3. The molecule has 2 aliphatic rings. The smallest absolute Gasteiger partial charge is 0.147 e. The summed E-state index contributed by atoms with van der Waals surface area (Å²) in [5.41, 5.74) is 1.97. The summed E-state index contributed by atoms with van der Waals surface area (Å²) in [6.07, 6.45) is 2.02. The third kappa shape index (κ3) is 2.14. The second kappa shape index (κ2) is 5.05. The van der Waals surface area contributed by atoms with E-state index in [0.717, 1.165) is 25.3 Å². The van der Waals surface area contributed by atoms with Crippen molar-refractivity contribution in [2.24, 2.45) is 0 Å². The molecule has 4 heterocycles. The molecular formula is C15H18N4OS. The Balaban J connectivity index is 1.70. The van der Waals surface area contributed by atoms with Crippen LogP contribution in [0.4, 0.5) is 5.82 Å². The minimum atomic E-state index is -0.729. The van der Waals surface area contributed by atoms with Crippen molar-refractivity contribution in [2.75, 3.05) is 18.0 Å². The highest BCUT2D eigenvalue weighted by atomic mass is 32.1. The summed E-state index contributed by atoms with van der Waals surface area (Å²) in [4.78, 5) is 11.4. The van der Waals surface area contributed by atoms with Gasteiger partial charge in [0, 0.05) is 36.8 Å². The maximum Gasteiger partial charge on any atom is 0.147 e. The molecule has 2 aromatic rings. The number of thiazole rings is 1. The lowest BCUT2D eigenvalue weighted by atomic mass is 10.1. The standard InChI is InChI=1S/C15H18N4OS/c1-9-7-16-8-11-6-10-2-3-12(18-14(10)19(9)11)13(20)15-17-4-5-21-15/h2-5,9,11,13,16,20H,6-8H2,1H3/t9-,11-,13-/m1/s1. The van der Waals surface area contributed by atoms with Gasteiger partial charge in [-0.1, -0.05) is 6.07 Å². The molecule has 2 N–H and O–H groups in total. The number of aliphatic hydroxyl groups excluding tert-OH is 1. The van der Waals surface area contributed by atoms with E-state index in [4.69, 9.17) is 4.98 Å². The molecule has 2 aliphatic heterocycles. The van der Waals surface area contributed by atoms with Crippen LogP contribution in [0.2, 0.25) is 0 Å². The highest BCUT2D eigenvalue weighted by molar-refractivity contribution is 7.09. The second-order valence-corrected chi connectivity index (χ2v) is 6.69. The molecule has 0 radical (unpaired) electrons. The number of nitrogens with one attached hydrogen (secondary N) is 1. The number of anilines is 1. The first-order chi connectivity index (χ1) is 10.2. The molecule has 0 aliphatic carbocycles. The SMILES string of the molecule is C[C@@H]1CNC[C@H]2Cc3ccc([C@@H](O)c4nccs4)nc3N21. The molecule has 0 saturated carbocycles. The lowest BCUT2D eigenvalue weighted by molar-refractivity contribution is 0.215. The van der Waals surface area contributed by atoms with Gasteiger partial charge >= 0.3 is 0 Å². The minimum absolute atomic E-state index is 0.435. The minimum Gasteiger partial charge on any atom is -0.380 e. The summed E-state index contributed by atoms with van der Waals surface area (Å²) in [5, 5.41) is 16.5. The Labute approximate surface area is 127 Å². The summed E-state index contributed by atoms with van der Waals surface area (Å²) in [5.74, 6) is 1.04. The molecule has 0 spiro atoms. The fourth-order valence-corrected chi connectivity index (χ4v) is 3.98. The largest absolute Gasteiger partial charge is 0.380 e. The zero-order valence-electron chi connectivity index (χ0n) is 11.9. The lowest BCUT2D eigenvalue weighted by Crippen LogP contribution is -2.55. The fourth-order valence-electron chi connectivity index (χ4n) is 3.34. The maximum absolute atomic E-state index is 10.4. The van der Waals surface area contributed by atoms with Gasteiger partial charge in [-0.3, -0.25) is 0 Å². The number of hydrogen-bond donors (Lipinski definition) is 2. The van der Waals surface area contributed by atoms with Gasteiger partial charge in [0.2, 0.25) is 0 Å². The first kappa shape index (κ1) is 13.2. The van der Waals surface area contributed by atoms with Gasteiger partial charge in [-0.05, 0) is 25.0 Å². The highest BCUT2D eigenvalue weighted by Crippen LogP contribution is 2.35. The number of aromatic nitrogens is 2. The topological polar surface area (TPSA) is 61.3 Å². The zero-order valence-corrected chi connectivity index (χ0v) is 12.7. The molecule has 1 saturated heterocycles. The number of fused-ring (bicyclic) bond motifs is 3. The molecule has 2 aromatic heterocycles. The summed E-state index contributed by atoms with van der Waals surface area (Å²) >= 11 is 1.46. The van der Waals surface area contributed by atoms with Crippen molar-refractivity contribution in [3.63, 3.8) is 0 Å². The van der Waals surface area contributed by atoms with Crippen LogP contribution in [0.1, 0.15) is 29.3 Å². The Morgan fingerprint density at radius 2 is 2.33 bits per heavy atom. The van der Waals surface area contributed by atoms with Crippen LogP contribution in [-0.4, -0.2) is 40.2 Å². The van der Waals surface area contributed by atoms with Gasteiger partial charge in [0.05, 0.1) is 5.69 Å². The van der Waals surface area contributed by atoms with Crippen LogP contribution in [0.15, 0.2) is 23.7 Å². The predicted octanol–water partition coefficient (Wildman–Crippen LogP) is 1.34. The van der Waals surface area contributed by atoms with Crippen molar-refractivity contribution in [3.05, 3.63) is 40.0 Å². The van der Waals surface area contributed by atoms with Crippen molar-refractivity contribution in [2.45, 2.75) is 31.5 Å². The maximum atomic E-state index is 10.4. The predicted molar refractivity (Wildman–Crippen MR) is 82.7 cm³/mol. The number of aliphatic hydroxyl groups is 1. The Morgan fingerprint density at radius 1 is 1.43 bits per heavy atom. The molecule has 6 heteroatoms. The second-order valence-electron chi connectivity index (χ2n) is 5.76. The van der Waals surface area contributed by atoms with Crippen LogP contribution in [0.25, 0.3) is 0 Å². The number of hydrogen-bond acceptors (Lipinski definition) is 6. The monoisotopic (exact) mass is 302 g/mol. The molecule has 1 fully saturated rings. The fraction of sp³-hybridized carbons (Fsp3) is 0.467. The third-order valence-corrected chi connectivity index (χ3v) is 5.16. The van der Waals surface area contributed by atoms with Gasteiger partial charge in [-0.15, -0.1) is 11.3 Å². The molecule has 0 bridgehead atoms. The summed E-state index contributed by atoms with van der Waals surface area (Å²) < 4.78 is 0. The average molecular weight is 302 g/mol. The molecule has 3 atom stereocenters. The highest BCUT2D eigenvalue weighted by Gasteiger charge is 2.36. The van der Waals surface area contributed by atoms with Gasteiger partial charge in [0.25, 0.3) is 0 Å². The Kier molecular flexibility index (Phi) is 3.17. The zero-order chi connectivity index (χ0) is 14.4. The van der Waals surface area contributed by atoms with E-state index in [0.29, 0.717) is 22.8 Å². The van der Waals surface area contributed by atoms with Crippen molar-refractivity contribution >= 4 is 17.2 Å². The van der Waals surface area contributed by atoms with Crippen LogP contribution in [0.5, 0.6) is 0 Å². The molecule has 110 valence electrons. The van der Waals surface area contributed by atoms with Crippen LogP contribution >= 0.6 is 11.3 Å². The van der Waals surface area contributed by atoms with Gasteiger partial charge in [0.15, 0.2) is 0 Å². The average Bonchev–Trinajstić information content (AvgIpc) is 3.13. The van der Waals surface area contributed by atoms with E-state index in [-0.39, 0.29) is 0 Å². The van der Waals surface area contributed by atoms with Gasteiger partial charge in [-0.25, -0.2) is 9.97 Å². The first-order valence-electron chi connectivity index (χ1n) is 7.30. The molecule has 0 amide bonds. The Hall–Kier alpha value is -1.50. The van der Waals surface area contributed by atoms with Gasteiger partial charge in [0.1, 0.15) is 16.9 Å². The van der Waals surface area contributed by atoms with E-state index in [2.05, 4.69) is 28.2 Å². The molecule has 4 rings (SSSR count). The van der Waals surface area contributed by atoms with E-state index in [1.54, 1.807) is 6.20 Å². The lowest BCUT2D eigenvalue weighted by Gasteiger charge is -2.37. The molecular weight excluding hydrogens is 284 g/mol. The normalized spacial score (nSPS) is 25.5. The van der Waals surface area contributed by atoms with Crippen molar-refractivity contribution in [3.8, 4) is 0 Å². The summed E-state index contributed by atoms with van der Waals surface area (Å²) in [6, 6.07) is 4.97. The van der Waals surface area contributed by atoms with Crippen LogP contribution < -0.4 is 10.2 Å². The van der Waals surface area contributed by atoms with Gasteiger partial charge < -0.3 is 15.3 Å². The van der Waals surface area contributed by atoms with E-state index in [1.165, 1.54) is 16.9 Å². The summed E-state index contributed by atoms with van der Waals surface area (Å²) in [7, 11) is 0. The quantitative estimate of drug-likeness (QED) is 0.877. The third-order valence-electron chi connectivity index (χ3n) is 4.33. The number of rotatable bonds is 2. The molecule has 5 nitrogen and oxygen atoms in total. The molecule has 21 heavy (non-hydrogen) atoms. The van der Waals surface area contributed by atoms with Gasteiger partial charge in [-0.2, -0.15) is 0 Å². The van der Waals surface area contributed by atoms with E-state index in [9.17, 15) is 5.11 Å². The van der Waals surface area contributed by atoms with E-state index in [1.807, 2.05) is 11.4 Å². The first-order valence-corrected chi connectivity index (χ1v) is 8.18. The van der Waals surface area contributed by atoms with Crippen molar-refractivity contribution < 1.29 is 5.11 Å². The molecule has 0 unspecified atom stereocenters. The van der Waals surface area contributed by atoms with E-state index >= 15 is 0 Å². The van der Waals surface area contributed by atoms with Crippen molar-refractivity contribution in [1.82, 2.24) is 15.3 Å². The Bertz CT molecular complexity index is 645. The van der Waals surface area contributed by atoms with Crippen LogP contribution in [0.3, 0.4) is 0 Å².